The van der Waals surface area contributed by atoms with Crippen LogP contribution in [0.15, 0.2) is 60.7 Å². The number of hydrogen-bond donors (Lipinski definition) is 2. The van der Waals surface area contributed by atoms with Crippen LogP contribution in [-0.4, -0.2) is 39.6 Å². The predicted molar refractivity (Wildman–Crippen MR) is 111 cm³/mol. The zero-order valence-electron chi connectivity index (χ0n) is 16.3. The van der Waals surface area contributed by atoms with Crippen molar-refractivity contribution in [2.75, 3.05) is 13.1 Å². The average Bonchev–Trinajstić information content (AvgIpc) is 3.34. The molecule has 2 aliphatic rings. The van der Waals surface area contributed by atoms with E-state index in [1.807, 2.05) is 54.6 Å². The Morgan fingerprint density at radius 1 is 1.23 bits per heavy atom. The molecule has 30 heavy (non-hydrogen) atoms. The zero-order chi connectivity index (χ0) is 20.6. The van der Waals surface area contributed by atoms with Gasteiger partial charge in [0.2, 0.25) is 0 Å². The van der Waals surface area contributed by atoms with Crippen molar-refractivity contribution in [3.8, 4) is 28.9 Å². The Morgan fingerprint density at radius 2 is 2.03 bits per heavy atom. The van der Waals surface area contributed by atoms with E-state index in [1.165, 1.54) is 0 Å². The molecule has 150 valence electrons. The second kappa shape index (κ2) is 7.23. The number of amides is 1. The fourth-order valence-electron chi connectivity index (χ4n) is 4.37. The fourth-order valence-corrected chi connectivity index (χ4v) is 4.37. The molecule has 1 aromatic heterocycles. The van der Waals surface area contributed by atoms with Crippen molar-refractivity contribution in [3.63, 3.8) is 0 Å². The summed E-state index contributed by atoms with van der Waals surface area (Å²) in [7, 11) is 0. The molecular weight excluding hydrogens is 378 g/mol. The van der Waals surface area contributed by atoms with Crippen molar-refractivity contribution in [2.24, 2.45) is 5.92 Å². The summed E-state index contributed by atoms with van der Waals surface area (Å²) < 4.78 is 6.01. The van der Waals surface area contributed by atoms with Crippen LogP contribution in [-0.2, 0) is 0 Å². The van der Waals surface area contributed by atoms with Gasteiger partial charge in [-0.25, -0.2) is 0 Å². The van der Waals surface area contributed by atoms with Gasteiger partial charge in [0.05, 0.1) is 17.8 Å². The molecule has 0 spiro atoms. The molecule has 1 saturated carbocycles. The Labute approximate surface area is 174 Å². The lowest BCUT2D eigenvalue weighted by molar-refractivity contribution is 0.0757. The van der Waals surface area contributed by atoms with Gasteiger partial charge < -0.3 is 15.0 Å². The van der Waals surface area contributed by atoms with Crippen LogP contribution in [0.25, 0.3) is 11.3 Å². The second-order valence-corrected chi connectivity index (χ2v) is 7.90. The largest absolute Gasteiger partial charge is 0.457 e. The van der Waals surface area contributed by atoms with Crippen molar-refractivity contribution in [1.82, 2.24) is 20.4 Å². The predicted octanol–water partition coefficient (Wildman–Crippen LogP) is 3.54. The number of para-hydroxylation sites is 2. The van der Waals surface area contributed by atoms with Gasteiger partial charge in [-0.3, -0.25) is 9.89 Å². The normalized spacial score (nSPS) is 22.0. The first kappa shape index (κ1) is 18.3. The summed E-state index contributed by atoms with van der Waals surface area (Å²) in [5, 5.41) is 19.5. The first-order valence-corrected chi connectivity index (χ1v) is 10.0. The fraction of sp³-hybridized carbons (Fsp3) is 0.261. The SMILES string of the molecule is N#CN1C[C@H]2CC[C@@]2(NC(=O)c2cc(-c3ccccc3Oc3ccccc3)n[nH]2)C1. The molecular formula is C23H21N5O2. The number of ether oxygens (including phenoxy) is 1. The van der Waals surface area contributed by atoms with Crippen molar-refractivity contribution < 1.29 is 9.53 Å². The highest BCUT2D eigenvalue weighted by molar-refractivity contribution is 5.94. The third-order valence-corrected chi connectivity index (χ3v) is 6.09. The lowest BCUT2D eigenvalue weighted by atomic mass is 9.69. The van der Waals surface area contributed by atoms with Gasteiger partial charge in [0.15, 0.2) is 6.19 Å². The van der Waals surface area contributed by atoms with Gasteiger partial charge in [0, 0.05) is 18.0 Å². The number of carbonyl (C=O) groups is 1. The van der Waals surface area contributed by atoms with Crippen LogP contribution in [0, 0.1) is 17.4 Å². The Bertz CT molecular complexity index is 1120. The van der Waals surface area contributed by atoms with Gasteiger partial charge in [-0.1, -0.05) is 30.3 Å². The molecule has 0 bridgehead atoms. The van der Waals surface area contributed by atoms with Crippen LogP contribution in [0.2, 0.25) is 0 Å². The second-order valence-electron chi connectivity index (χ2n) is 7.90. The minimum absolute atomic E-state index is 0.195. The molecule has 3 aromatic rings. The van der Waals surface area contributed by atoms with E-state index in [2.05, 4.69) is 21.7 Å². The van der Waals surface area contributed by atoms with E-state index >= 15 is 0 Å². The molecule has 2 atom stereocenters. The Morgan fingerprint density at radius 3 is 2.80 bits per heavy atom. The molecule has 1 saturated heterocycles. The molecule has 2 fully saturated rings. The number of nitrogens with zero attached hydrogens (tertiary/aromatic N) is 3. The standard InChI is InChI=1S/C23H21N5O2/c24-15-28-13-16-10-11-23(16,14-28)25-22(29)20-12-19(26-27-20)18-8-4-5-9-21(18)30-17-6-2-1-3-7-17/h1-9,12,16H,10-11,13-14H2,(H,25,29)(H,26,27)/t16-,23-/m1/s1. The first-order chi connectivity index (χ1) is 14.7. The Hall–Kier alpha value is -3.79. The van der Waals surface area contributed by atoms with Crippen LogP contribution >= 0.6 is 0 Å². The lowest BCUT2D eigenvalue weighted by Crippen LogP contribution is -2.60. The Kier molecular flexibility index (Phi) is 4.40. The number of likely N-dealkylation sites (tertiary alicyclic amines) is 1. The van der Waals surface area contributed by atoms with Crippen molar-refractivity contribution in [3.05, 3.63) is 66.4 Å². The number of H-pyrrole nitrogens is 1. The van der Waals surface area contributed by atoms with Gasteiger partial charge in [0.25, 0.3) is 5.91 Å². The van der Waals surface area contributed by atoms with Crippen molar-refractivity contribution in [1.29, 1.82) is 5.26 Å². The molecule has 2 aromatic carbocycles. The molecule has 2 N–H and O–H groups in total. The zero-order valence-corrected chi connectivity index (χ0v) is 16.3. The molecule has 0 radical (unpaired) electrons. The van der Waals surface area contributed by atoms with Crippen molar-refractivity contribution in [2.45, 2.75) is 18.4 Å². The highest BCUT2D eigenvalue weighted by Crippen LogP contribution is 2.44. The third kappa shape index (κ3) is 3.16. The van der Waals surface area contributed by atoms with Gasteiger partial charge in [-0.15, -0.1) is 0 Å². The minimum atomic E-state index is -0.299. The number of nitrogens with one attached hydrogen (secondary N) is 2. The first-order valence-electron chi connectivity index (χ1n) is 10.0. The summed E-state index contributed by atoms with van der Waals surface area (Å²) in [4.78, 5) is 14.6. The summed E-state index contributed by atoms with van der Waals surface area (Å²) in [6, 6.07) is 18.9. The Balaban J connectivity index is 1.35. The average molecular weight is 399 g/mol. The number of hydrogen-bond acceptors (Lipinski definition) is 5. The molecule has 1 aliphatic heterocycles. The molecule has 1 amide bonds. The highest BCUT2D eigenvalue weighted by Gasteiger charge is 2.54. The number of aromatic nitrogens is 2. The number of fused-ring (bicyclic) bond motifs is 1. The molecule has 7 nitrogen and oxygen atoms in total. The topological polar surface area (TPSA) is 94.0 Å². The maximum absolute atomic E-state index is 12.9. The lowest BCUT2D eigenvalue weighted by Gasteiger charge is -2.44. The van der Waals surface area contributed by atoms with Gasteiger partial charge in [-0.2, -0.15) is 10.4 Å². The summed E-state index contributed by atoms with van der Waals surface area (Å²) in [5.74, 6) is 1.54. The van der Waals surface area contributed by atoms with Crippen LogP contribution in [0.1, 0.15) is 23.3 Å². The van der Waals surface area contributed by atoms with E-state index in [1.54, 1.807) is 11.0 Å². The van der Waals surface area contributed by atoms with E-state index in [0.717, 1.165) is 30.7 Å². The maximum atomic E-state index is 12.9. The van der Waals surface area contributed by atoms with Crippen LogP contribution in [0.3, 0.4) is 0 Å². The summed E-state index contributed by atoms with van der Waals surface area (Å²) in [6.45, 7) is 1.30. The van der Waals surface area contributed by atoms with Crippen LogP contribution in [0.5, 0.6) is 11.5 Å². The number of carbonyl (C=O) groups excluding carboxylic acids is 1. The van der Waals surface area contributed by atoms with E-state index in [-0.39, 0.29) is 11.4 Å². The van der Waals surface area contributed by atoms with Crippen LogP contribution in [0.4, 0.5) is 0 Å². The number of rotatable bonds is 5. The third-order valence-electron chi connectivity index (χ3n) is 6.09. The van der Waals surface area contributed by atoms with E-state index < -0.39 is 0 Å². The monoisotopic (exact) mass is 399 g/mol. The number of nitriles is 1. The summed E-state index contributed by atoms with van der Waals surface area (Å²) >= 11 is 0. The maximum Gasteiger partial charge on any atom is 0.269 e. The summed E-state index contributed by atoms with van der Waals surface area (Å²) in [5.41, 5.74) is 1.54. The van der Waals surface area contributed by atoms with Gasteiger partial charge in [-0.05, 0) is 43.2 Å². The van der Waals surface area contributed by atoms with Gasteiger partial charge in [0.1, 0.15) is 17.2 Å². The van der Waals surface area contributed by atoms with E-state index in [9.17, 15) is 10.1 Å². The molecule has 5 rings (SSSR count). The highest BCUT2D eigenvalue weighted by atomic mass is 16.5. The minimum Gasteiger partial charge on any atom is -0.457 e. The van der Waals surface area contributed by atoms with Crippen molar-refractivity contribution >= 4 is 5.91 Å². The quantitative estimate of drug-likeness (QED) is 0.640. The smallest absolute Gasteiger partial charge is 0.269 e. The summed E-state index contributed by atoms with van der Waals surface area (Å²) in [6.07, 6.45) is 4.14. The molecule has 2 heterocycles. The number of aromatic amines is 1. The number of benzene rings is 2. The molecule has 0 unspecified atom stereocenters. The van der Waals surface area contributed by atoms with E-state index in [4.69, 9.17) is 4.74 Å². The molecule has 1 aliphatic carbocycles. The molecule has 7 heteroatoms. The van der Waals surface area contributed by atoms with E-state index in [0.29, 0.717) is 29.6 Å². The van der Waals surface area contributed by atoms with Gasteiger partial charge >= 0.3 is 0 Å². The van der Waals surface area contributed by atoms with Crippen LogP contribution < -0.4 is 10.1 Å².